The van der Waals surface area contributed by atoms with Gasteiger partial charge in [-0.3, -0.25) is 4.90 Å². The highest BCUT2D eigenvalue weighted by molar-refractivity contribution is 5.89. The maximum atomic E-state index is 12.6. The van der Waals surface area contributed by atoms with E-state index in [-0.39, 0.29) is 12.1 Å². The van der Waals surface area contributed by atoms with Crippen molar-refractivity contribution in [3.63, 3.8) is 0 Å². The number of hydrogen-bond donors (Lipinski definition) is 2. The van der Waals surface area contributed by atoms with E-state index < -0.39 is 0 Å². The van der Waals surface area contributed by atoms with E-state index in [1.165, 1.54) is 0 Å². The lowest BCUT2D eigenvalue weighted by molar-refractivity contribution is 0.0167. The molecule has 2 amide bonds. The molecule has 10 heteroatoms. The summed E-state index contributed by atoms with van der Waals surface area (Å²) >= 11 is 0. The predicted molar refractivity (Wildman–Crippen MR) is 123 cm³/mol. The SMILES string of the molecule is COCCOc1ccc(NC(=O)NCC(c2ccc(OC)c(OC)c2)N2CCOCC2)cn1. The number of morpholine rings is 1. The number of urea groups is 1. The van der Waals surface area contributed by atoms with Crippen LogP contribution in [0.15, 0.2) is 36.5 Å². The fourth-order valence-electron chi connectivity index (χ4n) is 3.54. The Morgan fingerprint density at radius 1 is 1.09 bits per heavy atom. The van der Waals surface area contributed by atoms with Crippen molar-refractivity contribution in [2.45, 2.75) is 6.04 Å². The largest absolute Gasteiger partial charge is 0.493 e. The normalized spacial score (nSPS) is 14.9. The molecule has 2 aromatic rings. The fourth-order valence-corrected chi connectivity index (χ4v) is 3.54. The van der Waals surface area contributed by atoms with Crippen LogP contribution in [0.2, 0.25) is 0 Å². The molecule has 1 aromatic carbocycles. The molecular formula is C23H32N4O6. The lowest BCUT2D eigenvalue weighted by Crippen LogP contribution is -2.44. The van der Waals surface area contributed by atoms with E-state index in [4.69, 9.17) is 23.7 Å². The summed E-state index contributed by atoms with van der Waals surface area (Å²) in [6.07, 6.45) is 1.55. The molecule has 1 unspecified atom stereocenters. The van der Waals surface area contributed by atoms with Gasteiger partial charge in [0.25, 0.3) is 0 Å². The third kappa shape index (κ3) is 7.21. The molecule has 1 aliphatic heterocycles. The molecule has 0 aliphatic carbocycles. The molecule has 0 bridgehead atoms. The van der Waals surface area contributed by atoms with Crippen molar-refractivity contribution in [3.05, 3.63) is 42.1 Å². The molecule has 0 saturated carbocycles. The van der Waals surface area contributed by atoms with Gasteiger partial charge in [0.2, 0.25) is 5.88 Å². The van der Waals surface area contributed by atoms with E-state index in [1.807, 2.05) is 18.2 Å². The Morgan fingerprint density at radius 3 is 2.55 bits per heavy atom. The maximum Gasteiger partial charge on any atom is 0.319 e. The van der Waals surface area contributed by atoms with Crippen LogP contribution in [0.1, 0.15) is 11.6 Å². The predicted octanol–water partition coefficient (Wildman–Crippen LogP) is 2.32. The number of benzene rings is 1. The number of methoxy groups -OCH3 is 3. The van der Waals surface area contributed by atoms with Gasteiger partial charge in [-0.2, -0.15) is 0 Å². The summed E-state index contributed by atoms with van der Waals surface area (Å²) in [5, 5.41) is 5.78. The number of nitrogens with zero attached hydrogens (tertiary/aromatic N) is 2. The van der Waals surface area contributed by atoms with Crippen molar-refractivity contribution in [1.82, 2.24) is 15.2 Å². The first kappa shape index (κ1) is 24.6. The van der Waals surface area contributed by atoms with Gasteiger partial charge < -0.3 is 34.3 Å². The van der Waals surface area contributed by atoms with Crippen LogP contribution in [0.25, 0.3) is 0 Å². The number of hydrogen-bond acceptors (Lipinski definition) is 8. The van der Waals surface area contributed by atoms with Gasteiger partial charge in [-0.05, 0) is 23.8 Å². The zero-order valence-corrected chi connectivity index (χ0v) is 19.3. The van der Waals surface area contributed by atoms with Crippen molar-refractivity contribution < 1.29 is 28.5 Å². The van der Waals surface area contributed by atoms with Crippen LogP contribution in [-0.4, -0.2) is 83.3 Å². The van der Waals surface area contributed by atoms with E-state index in [9.17, 15) is 4.79 Å². The summed E-state index contributed by atoms with van der Waals surface area (Å²) in [6, 6.07) is 8.90. The third-order valence-electron chi connectivity index (χ3n) is 5.27. The van der Waals surface area contributed by atoms with Crippen LogP contribution in [0.5, 0.6) is 17.4 Å². The average molecular weight is 461 g/mol. The van der Waals surface area contributed by atoms with E-state index in [0.29, 0.717) is 56.0 Å². The molecule has 2 N–H and O–H groups in total. The van der Waals surface area contributed by atoms with Crippen LogP contribution in [0, 0.1) is 0 Å². The fraction of sp³-hybridized carbons (Fsp3) is 0.478. The van der Waals surface area contributed by atoms with Crippen LogP contribution >= 0.6 is 0 Å². The van der Waals surface area contributed by atoms with Crippen LogP contribution in [-0.2, 0) is 9.47 Å². The molecule has 2 heterocycles. The summed E-state index contributed by atoms with van der Waals surface area (Å²) in [5.41, 5.74) is 1.59. The molecule has 3 rings (SSSR count). The molecule has 0 spiro atoms. The second-order valence-electron chi connectivity index (χ2n) is 7.34. The number of nitrogens with one attached hydrogen (secondary N) is 2. The summed E-state index contributed by atoms with van der Waals surface area (Å²) in [4.78, 5) is 19.0. The van der Waals surface area contributed by atoms with Gasteiger partial charge in [-0.1, -0.05) is 6.07 Å². The average Bonchev–Trinajstić information content (AvgIpc) is 2.86. The van der Waals surface area contributed by atoms with E-state index in [0.717, 1.165) is 18.7 Å². The Balaban J connectivity index is 1.62. The number of carbonyl (C=O) groups excluding carboxylic acids is 1. The molecule has 0 radical (unpaired) electrons. The van der Waals surface area contributed by atoms with Crippen LogP contribution < -0.4 is 24.8 Å². The molecule has 180 valence electrons. The van der Waals surface area contributed by atoms with E-state index in [2.05, 4.69) is 20.5 Å². The number of aromatic nitrogens is 1. The maximum absolute atomic E-state index is 12.6. The number of anilines is 1. The monoisotopic (exact) mass is 460 g/mol. The van der Waals surface area contributed by atoms with Crippen molar-refractivity contribution in [3.8, 4) is 17.4 Å². The number of carbonyl (C=O) groups is 1. The minimum Gasteiger partial charge on any atom is -0.493 e. The first-order valence-electron chi connectivity index (χ1n) is 10.8. The van der Waals surface area contributed by atoms with Gasteiger partial charge >= 0.3 is 6.03 Å². The third-order valence-corrected chi connectivity index (χ3v) is 5.27. The molecule has 10 nitrogen and oxygen atoms in total. The first-order valence-corrected chi connectivity index (χ1v) is 10.8. The number of rotatable bonds is 11. The highest BCUT2D eigenvalue weighted by Gasteiger charge is 2.24. The van der Waals surface area contributed by atoms with Gasteiger partial charge in [0.05, 0.1) is 52.0 Å². The highest BCUT2D eigenvalue weighted by atomic mass is 16.5. The summed E-state index contributed by atoms with van der Waals surface area (Å²) < 4.78 is 26.7. The zero-order chi connectivity index (χ0) is 23.5. The number of ether oxygens (including phenoxy) is 5. The highest BCUT2D eigenvalue weighted by Crippen LogP contribution is 2.32. The molecular weight excluding hydrogens is 428 g/mol. The summed E-state index contributed by atoms with van der Waals surface area (Å²) in [6.45, 7) is 4.16. The standard InChI is InChI=1S/C23H32N4O6/c1-29-12-13-33-22-7-5-18(15-24-22)26-23(28)25-16-19(27-8-10-32-11-9-27)17-4-6-20(30-2)21(14-17)31-3/h4-7,14-15,19H,8-13,16H2,1-3H3,(H2,25,26,28). The Labute approximate surface area is 194 Å². The van der Waals surface area contributed by atoms with Crippen LogP contribution in [0.4, 0.5) is 10.5 Å². The number of amides is 2. The Morgan fingerprint density at radius 2 is 1.88 bits per heavy atom. The van der Waals surface area contributed by atoms with Crippen molar-refractivity contribution in [2.75, 3.05) is 72.7 Å². The van der Waals surface area contributed by atoms with Crippen molar-refractivity contribution >= 4 is 11.7 Å². The van der Waals surface area contributed by atoms with Crippen molar-refractivity contribution in [1.29, 1.82) is 0 Å². The molecule has 1 saturated heterocycles. The summed E-state index contributed by atoms with van der Waals surface area (Å²) in [5.74, 6) is 1.78. The zero-order valence-electron chi connectivity index (χ0n) is 19.3. The minimum atomic E-state index is -0.316. The lowest BCUT2D eigenvalue weighted by atomic mass is 10.0. The molecule has 33 heavy (non-hydrogen) atoms. The van der Waals surface area contributed by atoms with Gasteiger partial charge in [-0.15, -0.1) is 0 Å². The quantitative estimate of drug-likeness (QED) is 0.493. The molecule has 1 fully saturated rings. The van der Waals surface area contributed by atoms with Gasteiger partial charge in [-0.25, -0.2) is 9.78 Å². The van der Waals surface area contributed by atoms with Crippen LogP contribution in [0.3, 0.4) is 0 Å². The molecule has 1 aromatic heterocycles. The molecule has 1 atom stereocenters. The second kappa shape index (κ2) is 12.8. The lowest BCUT2D eigenvalue weighted by Gasteiger charge is -2.35. The van der Waals surface area contributed by atoms with Crippen molar-refractivity contribution in [2.24, 2.45) is 0 Å². The second-order valence-corrected chi connectivity index (χ2v) is 7.34. The smallest absolute Gasteiger partial charge is 0.319 e. The Bertz CT molecular complexity index is 874. The Hall–Kier alpha value is -3.08. The topological polar surface area (TPSA) is 103 Å². The van der Waals surface area contributed by atoms with E-state index in [1.54, 1.807) is 39.7 Å². The van der Waals surface area contributed by atoms with Gasteiger partial charge in [0.1, 0.15) is 6.61 Å². The van der Waals surface area contributed by atoms with Gasteiger partial charge in [0, 0.05) is 32.8 Å². The summed E-state index contributed by atoms with van der Waals surface area (Å²) in [7, 11) is 4.83. The van der Waals surface area contributed by atoms with E-state index >= 15 is 0 Å². The number of pyridine rings is 1. The first-order chi connectivity index (χ1) is 16.1. The Kier molecular flexibility index (Phi) is 9.55. The van der Waals surface area contributed by atoms with Gasteiger partial charge in [0.15, 0.2) is 11.5 Å². The molecule has 1 aliphatic rings. The minimum absolute atomic E-state index is 0.0471.